The van der Waals surface area contributed by atoms with Gasteiger partial charge in [-0.3, -0.25) is 14.1 Å². The minimum Gasteiger partial charge on any atom is -0.460 e. The number of hydrogen-bond acceptors (Lipinski definition) is 7. The molecule has 2 aliphatic heterocycles. The Balaban J connectivity index is 2.20. The highest BCUT2D eigenvalue weighted by Crippen LogP contribution is 2.41. The molecule has 2 N–H and O–H groups in total. The molecule has 0 saturated heterocycles. The Morgan fingerprint density at radius 2 is 2.06 bits per heavy atom. The van der Waals surface area contributed by atoms with Crippen molar-refractivity contribution in [1.82, 2.24) is 9.29 Å². The van der Waals surface area contributed by atoms with Crippen LogP contribution in [-0.2, 0) is 25.0 Å². The Kier molecular flexibility index (Phi) is 6.23. The van der Waals surface area contributed by atoms with Gasteiger partial charge in [-0.2, -0.15) is 0 Å². The minimum atomic E-state index is -3.45. The Hall–Kier alpha value is -2.37. The molecular formula is C19H26F3N5O3S. The number of nitrogen functional groups attached to an aromatic ring is 1. The van der Waals surface area contributed by atoms with Crippen molar-refractivity contribution in [3.05, 3.63) is 23.6 Å². The van der Waals surface area contributed by atoms with E-state index in [4.69, 9.17) is 10.5 Å². The van der Waals surface area contributed by atoms with Gasteiger partial charge >= 0.3 is 5.97 Å². The molecule has 1 aromatic rings. The molecule has 0 unspecified atom stereocenters. The Bertz CT molecular complexity index is 1020. The van der Waals surface area contributed by atoms with Crippen LogP contribution in [0.15, 0.2) is 21.5 Å². The third kappa shape index (κ3) is 4.78. The Morgan fingerprint density at radius 3 is 2.71 bits per heavy atom. The SMILES string of the molecule is CC(C)(C)OC(=O)CC1=N[C@@](c2nc(N)ccc2F)(C(F)F)C[S@]2(=O)=NCCCCN12. The van der Waals surface area contributed by atoms with Gasteiger partial charge in [0.1, 0.15) is 45.1 Å². The van der Waals surface area contributed by atoms with Gasteiger partial charge in [0.05, 0.1) is 12.3 Å². The number of halogens is 3. The van der Waals surface area contributed by atoms with Gasteiger partial charge in [-0.05, 0) is 45.7 Å². The lowest BCUT2D eigenvalue weighted by Crippen LogP contribution is -2.54. The van der Waals surface area contributed by atoms with Gasteiger partial charge in [0.25, 0.3) is 6.43 Å². The van der Waals surface area contributed by atoms with Crippen molar-refractivity contribution < 1.29 is 26.9 Å². The molecule has 0 aliphatic carbocycles. The number of carbonyl (C=O) groups excluding carboxylic acids is 1. The number of pyridine rings is 1. The summed E-state index contributed by atoms with van der Waals surface area (Å²) in [5, 5.41) is 0. The van der Waals surface area contributed by atoms with Crippen LogP contribution in [0.4, 0.5) is 19.0 Å². The molecule has 172 valence electrons. The summed E-state index contributed by atoms with van der Waals surface area (Å²) in [7, 11) is -3.45. The molecule has 2 aliphatic rings. The van der Waals surface area contributed by atoms with Gasteiger partial charge in [-0.15, -0.1) is 0 Å². The van der Waals surface area contributed by atoms with E-state index in [1.807, 2.05) is 0 Å². The lowest BCUT2D eigenvalue weighted by Gasteiger charge is -2.40. The zero-order chi connectivity index (χ0) is 23.0. The maximum atomic E-state index is 14.7. The first-order valence-electron chi connectivity index (χ1n) is 9.86. The number of aromatic nitrogens is 1. The van der Waals surface area contributed by atoms with E-state index >= 15 is 0 Å². The second-order valence-corrected chi connectivity index (χ2v) is 10.7. The molecule has 1 aromatic heterocycles. The fraction of sp³-hybridized carbons (Fsp3) is 0.632. The predicted octanol–water partition coefficient (Wildman–Crippen LogP) is 2.89. The summed E-state index contributed by atoms with van der Waals surface area (Å²) in [6, 6.07) is 2.04. The third-order valence-corrected chi connectivity index (χ3v) is 7.28. The molecule has 0 spiro atoms. The third-order valence-electron chi connectivity index (χ3n) is 4.79. The zero-order valence-electron chi connectivity index (χ0n) is 17.6. The average molecular weight is 462 g/mol. The van der Waals surface area contributed by atoms with Crippen LogP contribution in [0.5, 0.6) is 0 Å². The van der Waals surface area contributed by atoms with Crippen molar-refractivity contribution in [1.29, 1.82) is 0 Å². The van der Waals surface area contributed by atoms with Crippen molar-refractivity contribution in [2.75, 3.05) is 24.6 Å². The number of alkyl halides is 2. The van der Waals surface area contributed by atoms with Crippen LogP contribution in [0, 0.1) is 5.82 Å². The van der Waals surface area contributed by atoms with E-state index in [0.29, 0.717) is 12.8 Å². The summed E-state index contributed by atoms with van der Waals surface area (Å²) in [5.74, 6) is -2.91. The van der Waals surface area contributed by atoms with E-state index in [1.165, 1.54) is 4.31 Å². The van der Waals surface area contributed by atoms with Gasteiger partial charge in [0.2, 0.25) is 0 Å². The standard InChI is InChI=1S/C19H26F3N5O3S/c1-18(2,3)30-15(28)10-14-26-19(17(21)22,16-12(20)6-7-13(23)25-16)11-31(29)24-8-4-5-9-27(14)31/h6-7,17H,4-5,8-11H2,1-3H3,(H2,23,25)/t19-,31-/m0/s1. The summed E-state index contributed by atoms with van der Waals surface area (Å²) >= 11 is 0. The highest BCUT2D eigenvalue weighted by molar-refractivity contribution is 7.92. The summed E-state index contributed by atoms with van der Waals surface area (Å²) in [5.41, 5.74) is 1.48. The number of hydrogen-bond donors (Lipinski definition) is 1. The predicted molar refractivity (Wildman–Crippen MR) is 110 cm³/mol. The van der Waals surface area contributed by atoms with Crippen molar-refractivity contribution in [3.8, 4) is 0 Å². The van der Waals surface area contributed by atoms with E-state index in [-0.39, 0.29) is 24.7 Å². The maximum absolute atomic E-state index is 14.7. The van der Waals surface area contributed by atoms with Gasteiger partial charge in [0.15, 0.2) is 5.54 Å². The normalized spacial score (nSPS) is 26.5. The number of aliphatic imine (C=N–C) groups is 1. The first kappa shape index (κ1) is 23.3. The number of ether oxygens (including phenoxy) is 1. The van der Waals surface area contributed by atoms with E-state index in [9.17, 15) is 22.2 Å². The number of amidine groups is 1. The molecular weight excluding hydrogens is 435 g/mol. The molecule has 0 fully saturated rings. The number of fused-ring (bicyclic) bond motifs is 1. The molecule has 8 nitrogen and oxygen atoms in total. The van der Waals surface area contributed by atoms with Crippen LogP contribution in [0.3, 0.4) is 0 Å². The maximum Gasteiger partial charge on any atom is 0.313 e. The van der Waals surface area contributed by atoms with Crippen molar-refractivity contribution >= 4 is 27.5 Å². The number of carbonyl (C=O) groups is 1. The molecule has 0 saturated carbocycles. The quantitative estimate of drug-likeness (QED) is 0.694. The topological polar surface area (TPSA) is 110 Å². The number of nitrogens with two attached hydrogens (primary N) is 1. The van der Waals surface area contributed by atoms with E-state index in [2.05, 4.69) is 14.3 Å². The van der Waals surface area contributed by atoms with E-state index in [1.54, 1.807) is 20.8 Å². The van der Waals surface area contributed by atoms with Crippen molar-refractivity contribution in [2.45, 2.75) is 57.6 Å². The van der Waals surface area contributed by atoms with Crippen LogP contribution in [0.25, 0.3) is 0 Å². The molecule has 3 rings (SSSR count). The van der Waals surface area contributed by atoms with Crippen LogP contribution in [-0.4, -0.2) is 56.2 Å². The second kappa shape index (κ2) is 8.29. The van der Waals surface area contributed by atoms with Gasteiger partial charge in [-0.25, -0.2) is 26.7 Å². The molecule has 0 amide bonds. The first-order valence-corrected chi connectivity index (χ1v) is 11.5. The number of esters is 1. The molecule has 0 aromatic carbocycles. The van der Waals surface area contributed by atoms with E-state index < -0.39 is 57.1 Å². The minimum absolute atomic E-state index is 0.180. The Morgan fingerprint density at radius 1 is 1.35 bits per heavy atom. The van der Waals surface area contributed by atoms with Crippen LogP contribution in [0.2, 0.25) is 0 Å². The van der Waals surface area contributed by atoms with Crippen molar-refractivity contribution in [2.24, 2.45) is 9.36 Å². The van der Waals surface area contributed by atoms with Gasteiger partial charge in [0, 0.05) is 6.54 Å². The molecule has 31 heavy (non-hydrogen) atoms. The largest absolute Gasteiger partial charge is 0.460 e. The highest BCUT2D eigenvalue weighted by atomic mass is 32.2. The molecule has 0 bridgehead atoms. The van der Waals surface area contributed by atoms with E-state index in [0.717, 1.165) is 12.1 Å². The fourth-order valence-corrected chi connectivity index (χ4v) is 6.09. The fourth-order valence-electron chi connectivity index (χ4n) is 3.54. The van der Waals surface area contributed by atoms with Gasteiger partial charge in [-0.1, -0.05) is 0 Å². The molecule has 3 heterocycles. The molecule has 12 heteroatoms. The lowest BCUT2D eigenvalue weighted by atomic mass is 9.97. The monoisotopic (exact) mass is 461 g/mol. The number of rotatable bonds is 4. The van der Waals surface area contributed by atoms with Gasteiger partial charge < -0.3 is 10.5 Å². The summed E-state index contributed by atoms with van der Waals surface area (Å²) < 4.78 is 68.3. The summed E-state index contributed by atoms with van der Waals surface area (Å²) in [4.78, 5) is 20.4. The average Bonchev–Trinajstić information content (AvgIpc) is 2.83. The zero-order valence-corrected chi connectivity index (χ0v) is 18.4. The first-order chi connectivity index (χ1) is 14.4. The molecule has 2 atom stereocenters. The van der Waals surface area contributed by atoms with Crippen LogP contribution in [0.1, 0.15) is 45.7 Å². The number of nitrogens with zero attached hydrogens (tertiary/aromatic N) is 4. The smallest absolute Gasteiger partial charge is 0.313 e. The van der Waals surface area contributed by atoms with Crippen LogP contribution >= 0.6 is 0 Å². The van der Waals surface area contributed by atoms with Crippen molar-refractivity contribution in [3.63, 3.8) is 0 Å². The second-order valence-electron chi connectivity index (χ2n) is 8.50. The number of anilines is 1. The highest BCUT2D eigenvalue weighted by Gasteiger charge is 2.53. The summed E-state index contributed by atoms with van der Waals surface area (Å²) in [6.07, 6.45) is -2.61. The Labute approximate surface area is 179 Å². The summed E-state index contributed by atoms with van der Waals surface area (Å²) in [6.45, 7) is 5.39. The molecule has 0 radical (unpaired) electrons. The van der Waals surface area contributed by atoms with Crippen LogP contribution < -0.4 is 5.73 Å². The lowest BCUT2D eigenvalue weighted by molar-refractivity contribution is -0.153.